The molecule has 2 aromatic heterocycles. The van der Waals surface area contributed by atoms with Crippen molar-refractivity contribution in [3.63, 3.8) is 0 Å². The Bertz CT molecular complexity index is 1330. The number of aromatic carboxylic acids is 1. The average molecular weight is 446 g/mol. The molecule has 166 valence electrons. The van der Waals surface area contributed by atoms with E-state index in [0.29, 0.717) is 23.0 Å². The third kappa shape index (κ3) is 3.72. The zero-order valence-corrected chi connectivity index (χ0v) is 16.9. The number of hydrogen-bond acceptors (Lipinski definition) is 6. The number of imidazole rings is 1. The molecule has 0 aliphatic rings. The lowest BCUT2D eigenvalue weighted by atomic mass is 10.1. The number of anilines is 1. The maximum Gasteiger partial charge on any atom is 0.417 e. The number of halogens is 3. The Morgan fingerprint density at radius 1 is 1.12 bits per heavy atom. The monoisotopic (exact) mass is 446 g/mol. The number of carboxylic acid groups (broad SMARTS) is 1. The minimum atomic E-state index is -4.83. The Morgan fingerprint density at radius 3 is 2.53 bits per heavy atom. The number of benzene rings is 2. The molecule has 0 aliphatic carbocycles. The van der Waals surface area contributed by atoms with E-state index in [1.165, 1.54) is 31.0 Å². The van der Waals surface area contributed by atoms with E-state index in [-0.39, 0.29) is 17.6 Å². The van der Waals surface area contributed by atoms with Crippen LogP contribution in [0.4, 0.5) is 19.1 Å². The van der Waals surface area contributed by atoms with Crippen molar-refractivity contribution in [3.05, 3.63) is 59.4 Å². The minimum absolute atomic E-state index is 0.0158. The van der Waals surface area contributed by atoms with Gasteiger partial charge in [0.2, 0.25) is 5.95 Å². The number of alkyl halides is 3. The highest BCUT2D eigenvalue weighted by Gasteiger charge is 2.36. The van der Waals surface area contributed by atoms with Gasteiger partial charge < -0.3 is 19.9 Å². The molecule has 0 bridgehead atoms. The molecule has 2 N–H and O–H groups in total. The van der Waals surface area contributed by atoms with Crippen LogP contribution < -0.4 is 14.8 Å². The van der Waals surface area contributed by atoms with Crippen LogP contribution in [0.5, 0.6) is 11.5 Å². The van der Waals surface area contributed by atoms with Crippen LogP contribution in [0.3, 0.4) is 0 Å². The molecule has 2 aromatic carbocycles. The number of nitrogens with one attached hydrogen (secondary N) is 1. The predicted molar refractivity (Wildman–Crippen MR) is 109 cm³/mol. The molecule has 0 saturated heterocycles. The van der Waals surface area contributed by atoms with Gasteiger partial charge in [0.05, 0.1) is 54.3 Å². The maximum absolute atomic E-state index is 13.4. The van der Waals surface area contributed by atoms with Crippen molar-refractivity contribution >= 4 is 28.5 Å². The van der Waals surface area contributed by atoms with Gasteiger partial charge in [-0.2, -0.15) is 13.2 Å². The summed E-state index contributed by atoms with van der Waals surface area (Å²) in [5.74, 6) is -0.182. The van der Waals surface area contributed by atoms with Crippen LogP contribution in [0.15, 0.2) is 42.7 Å². The number of carbonyl (C=O) groups is 1. The molecule has 0 amide bonds. The van der Waals surface area contributed by atoms with Crippen molar-refractivity contribution in [2.75, 3.05) is 19.5 Å². The van der Waals surface area contributed by atoms with Crippen molar-refractivity contribution in [3.8, 4) is 11.5 Å². The molecule has 4 aromatic rings. The summed E-state index contributed by atoms with van der Waals surface area (Å²) in [5.41, 5.74) is -0.697. The molecule has 0 unspecified atom stereocenters. The summed E-state index contributed by atoms with van der Waals surface area (Å²) in [6.07, 6.45) is -1.98. The fraction of sp³-hybridized carbons (Fsp3) is 0.190. The molecule has 2 heterocycles. The van der Waals surface area contributed by atoms with Crippen LogP contribution in [0.2, 0.25) is 0 Å². The van der Waals surface area contributed by atoms with Crippen molar-refractivity contribution in [2.24, 2.45) is 0 Å². The van der Waals surface area contributed by atoms with Gasteiger partial charge in [-0.15, -0.1) is 0 Å². The highest BCUT2D eigenvalue weighted by Crippen LogP contribution is 2.35. The van der Waals surface area contributed by atoms with Gasteiger partial charge in [0.15, 0.2) is 0 Å². The summed E-state index contributed by atoms with van der Waals surface area (Å²) in [6.45, 7) is 0.280. The molecule has 0 saturated carbocycles. The van der Waals surface area contributed by atoms with E-state index in [9.17, 15) is 23.1 Å². The number of fused-ring (bicyclic) bond motifs is 3. The largest absolute Gasteiger partial charge is 0.497 e. The molecule has 4 rings (SSSR count). The van der Waals surface area contributed by atoms with Gasteiger partial charge in [0.1, 0.15) is 11.5 Å². The number of carboxylic acids is 1. The second-order valence-corrected chi connectivity index (χ2v) is 6.82. The molecule has 0 spiro atoms. The van der Waals surface area contributed by atoms with E-state index >= 15 is 0 Å². The molecule has 0 aliphatic heterocycles. The number of aromatic nitrogens is 3. The van der Waals surface area contributed by atoms with Crippen molar-refractivity contribution in [1.82, 2.24) is 14.4 Å². The van der Waals surface area contributed by atoms with Crippen LogP contribution in [0.25, 0.3) is 16.6 Å². The first-order valence-electron chi connectivity index (χ1n) is 9.28. The summed E-state index contributed by atoms with van der Waals surface area (Å²) in [6, 6.07) is 6.98. The van der Waals surface area contributed by atoms with Gasteiger partial charge in [0, 0.05) is 18.2 Å². The summed E-state index contributed by atoms with van der Waals surface area (Å²) in [5, 5.41) is 12.5. The van der Waals surface area contributed by atoms with Crippen LogP contribution in [-0.4, -0.2) is 39.7 Å². The highest BCUT2D eigenvalue weighted by molar-refractivity contribution is 5.95. The number of methoxy groups -OCH3 is 2. The van der Waals surface area contributed by atoms with Crippen LogP contribution in [0.1, 0.15) is 21.5 Å². The molecular formula is C21H17F3N4O4. The highest BCUT2D eigenvalue weighted by atomic mass is 19.4. The van der Waals surface area contributed by atoms with Gasteiger partial charge in [-0.3, -0.25) is 9.38 Å². The van der Waals surface area contributed by atoms with Gasteiger partial charge in [-0.1, -0.05) is 0 Å². The van der Waals surface area contributed by atoms with Crippen molar-refractivity contribution in [2.45, 2.75) is 12.7 Å². The topological polar surface area (TPSA) is 98.0 Å². The first-order chi connectivity index (χ1) is 15.2. The molecule has 8 nitrogen and oxygen atoms in total. The van der Waals surface area contributed by atoms with Crippen LogP contribution in [0, 0.1) is 0 Å². The van der Waals surface area contributed by atoms with Crippen molar-refractivity contribution in [1.29, 1.82) is 0 Å². The van der Waals surface area contributed by atoms with Gasteiger partial charge in [0.25, 0.3) is 0 Å². The molecule has 0 atom stereocenters. The fourth-order valence-corrected chi connectivity index (χ4v) is 3.41. The van der Waals surface area contributed by atoms with Gasteiger partial charge in [-0.25, -0.2) is 9.78 Å². The zero-order chi connectivity index (χ0) is 23.0. The van der Waals surface area contributed by atoms with Crippen molar-refractivity contribution < 1.29 is 32.5 Å². The summed E-state index contributed by atoms with van der Waals surface area (Å²) < 4.78 is 52.2. The number of hydrogen-bond donors (Lipinski definition) is 2. The third-order valence-electron chi connectivity index (χ3n) is 4.95. The standard InChI is InChI=1S/C21H17F3N4O4/c1-31-13-4-3-11(18(5-13)32-2)8-26-20-27-10-12-9-25-16-7-15(21(22,23)24)14(19(29)30)6-17(16)28(12)20/h3-7,9-10H,8H2,1-2H3,(H,26,27)(H,29,30). The number of nitrogens with zero attached hydrogens (tertiary/aromatic N) is 3. The summed E-state index contributed by atoms with van der Waals surface area (Å²) >= 11 is 0. The fourth-order valence-electron chi connectivity index (χ4n) is 3.41. The van der Waals surface area contributed by atoms with Gasteiger partial charge >= 0.3 is 12.1 Å². The normalized spacial score (nSPS) is 11.7. The van der Waals surface area contributed by atoms with E-state index in [1.54, 1.807) is 18.2 Å². The second-order valence-electron chi connectivity index (χ2n) is 6.82. The first-order valence-corrected chi connectivity index (χ1v) is 9.28. The Kier molecular flexibility index (Phi) is 5.25. The van der Waals surface area contributed by atoms with E-state index in [0.717, 1.165) is 17.7 Å². The van der Waals surface area contributed by atoms with Crippen LogP contribution in [-0.2, 0) is 12.7 Å². The molecule has 0 radical (unpaired) electrons. The van der Waals surface area contributed by atoms with Crippen LogP contribution >= 0.6 is 0 Å². The van der Waals surface area contributed by atoms with E-state index in [4.69, 9.17) is 9.47 Å². The Morgan fingerprint density at radius 2 is 1.88 bits per heavy atom. The lowest BCUT2D eigenvalue weighted by molar-refractivity contribution is -0.138. The minimum Gasteiger partial charge on any atom is -0.497 e. The summed E-state index contributed by atoms with van der Waals surface area (Å²) in [4.78, 5) is 19.8. The Balaban J connectivity index is 1.80. The zero-order valence-electron chi connectivity index (χ0n) is 16.9. The SMILES string of the molecule is COc1ccc(CNc2ncc3cnc4cc(C(F)(F)F)c(C(=O)O)cc4n23)c(OC)c1. The maximum atomic E-state index is 13.4. The van der Waals surface area contributed by atoms with Gasteiger partial charge in [-0.05, 0) is 24.3 Å². The van der Waals surface area contributed by atoms with E-state index in [2.05, 4.69) is 15.3 Å². The Labute approximate surface area is 179 Å². The average Bonchev–Trinajstić information content (AvgIpc) is 3.19. The first kappa shape index (κ1) is 21.2. The van der Waals surface area contributed by atoms with E-state index < -0.39 is 23.3 Å². The molecular weight excluding hydrogens is 429 g/mol. The Hall–Kier alpha value is -4.02. The number of rotatable bonds is 6. The molecule has 32 heavy (non-hydrogen) atoms. The lowest BCUT2D eigenvalue weighted by Gasteiger charge is -2.14. The summed E-state index contributed by atoms with van der Waals surface area (Å²) in [7, 11) is 3.06. The van der Waals surface area contributed by atoms with E-state index in [1.807, 2.05) is 0 Å². The molecule has 11 heteroatoms. The predicted octanol–water partition coefficient (Wildman–Crippen LogP) is 4.23. The molecule has 0 fully saturated rings. The lowest BCUT2D eigenvalue weighted by Crippen LogP contribution is -2.14. The second kappa shape index (κ2) is 7.91. The smallest absolute Gasteiger partial charge is 0.417 e. The quantitative estimate of drug-likeness (QED) is 0.457. The third-order valence-corrected chi connectivity index (χ3v) is 4.95. The number of ether oxygens (including phenoxy) is 2.